The van der Waals surface area contributed by atoms with Gasteiger partial charge in [-0.3, -0.25) is 14.6 Å². The van der Waals surface area contributed by atoms with Crippen LogP contribution in [0.1, 0.15) is 30.1 Å². The summed E-state index contributed by atoms with van der Waals surface area (Å²) in [7, 11) is 0. The molecule has 0 aliphatic carbocycles. The quantitative estimate of drug-likeness (QED) is 0.402. The predicted octanol–water partition coefficient (Wildman–Crippen LogP) is 2.42. The van der Waals surface area contributed by atoms with Gasteiger partial charge in [0.2, 0.25) is 5.91 Å². The predicted molar refractivity (Wildman–Crippen MR) is 139 cm³/mol. The van der Waals surface area contributed by atoms with Gasteiger partial charge >= 0.3 is 0 Å². The molecule has 2 bridgehead atoms. The Bertz CT molecular complexity index is 1490. The van der Waals surface area contributed by atoms with Gasteiger partial charge in [0.15, 0.2) is 11.4 Å². The van der Waals surface area contributed by atoms with Crippen LogP contribution in [0.4, 0.5) is 11.6 Å². The number of nitrogens with zero attached hydrogens (tertiary/aromatic N) is 6. The number of rotatable bonds is 5. The smallest absolute Gasteiger partial charge is 0.248 e. The van der Waals surface area contributed by atoms with E-state index in [0.29, 0.717) is 30.1 Å². The fourth-order valence-corrected chi connectivity index (χ4v) is 5.62. The highest BCUT2D eigenvalue weighted by Gasteiger charge is 2.43. The summed E-state index contributed by atoms with van der Waals surface area (Å²) in [6.45, 7) is 1.91. The summed E-state index contributed by atoms with van der Waals surface area (Å²) >= 11 is 0. The molecule has 1 aromatic carbocycles. The topological polar surface area (TPSA) is 130 Å². The summed E-state index contributed by atoms with van der Waals surface area (Å²) in [5.41, 5.74) is 10.9. The number of fused-ring (bicyclic) bond motifs is 3. The van der Waals surface area contributed by atoms with Gasteiger partial charge in [0.05, 0.1) is 11.9 Å². The minimum Gasteiger partial charge on any atom is -0.387 e. The molecule has 3 aromatic heterocycles. The lowest BCUT2D eigenvalue weighted by Crippen LogP contribution is -2.56. The van der Waals surface area contributed by atoms with Gasteiger partial charge in [0.25, 0.3) is 0 Å². The van der Waals surface area contributed by atoms with Gasteiger partial charge < -0.3 is 20.6 Å². The fraction of sp³-hybridized carbons (Fsp3) is 0.296. The van der Waals surface area contributed by atoms with E-state index in [2.05, 4.69) is 15.0 Å². The summed E-state index contributed by atoms with van der Waals surface area (Å²) in [4.78, 5) is 38.4. The number of aliphatic hydroxyl groups excluding tert-OH is 1. The van der Waals surface area contributed by atoms with Crippen molar-refractivity contribution in [2.75, 3.05) is 30.3 Å². The van der Waals surface area contributed by atoms with Gasteiger partial charge in [0, 0.05) is 48.1 Å². The number of benzene rings is 1. The van der Waals surface area contributed by atoms with Gasteiger partial charge in [-0.15, -0.1) is 0 Å². The Morgan fingerprint density at radius 3 is 2.38 bits per heavy atom. The molecule has 2 saturated heterocycles. The molecule has 1 amide bonds. The number of aliphatic hydroxyl groups is 1. The molecule has 37 heavy (non-hydrogen) atoms. The second-order valence-corrected chi connectivity index (χ2v) is 9.59. The monoisotopic (exact) mass is 497 g/mol. The van der Waals surface area contributed by atoms with Crippen molar-refractivity contribution in [3.05, 3.63) is 60.4 Å². The molecule has 2 aliphatic rings. The van der Waals surface area contributed by atoms with E-state index in [9.17, 15) is 14.7 Å². The first-order valence-corrected chi connectivity index (χ1v) is 12.3. The number of amides is 1. The minimum atomic E-state index is -0.508. The van der Waals surface area contributed by atoms with Crippen LogP contribution in [-0.4, -0.2) is 73.1 Å². The van der Waals surface area contributed by atoms with E-state index in [0.717, 1.165) is 35.2 Å². The summed E-state index contributed by atoms with van der Waals surface area (Å²) in [6.07, 6.45) is 5.21. The lowest BCUT2D eigenvalue weighted by Gasteiger charge is -2.42. The highest BCUT2D eigenvalue weighted by Crippen LogP contribution is 2.39. The molecule has 2 atom stereocenters. The zero-order chi connectivity index (χ0) is 25.7. The molecular formula is C27H27N7O3. The van der Waals surface area contributed by atoms with Crippen molar-refractivity contribution in [2.24, 2.45) is 0 Å². The van der Waals surface area contributed by atoms with Crippen molar-refractivity contribution in [3.63, 3.8) is 0 Å². The maximum atomic E-state index is 12.8. The number of Topliss-reactive ketones (excluding diaryl/α,β-unsaturated/α-hetero) is 1. The molecule has 10 nitrogen and oxygen atoms in total. The van der Waals surface area contributed by atoms with E-state index in [1.54, 1.807) is 17.3 Å². The Balaban J connectivity index is 1.43. The zero-order valence-electron chi connectivity index (χ0n) is 20.4. The highest BCUT2D eigenvalue weighted by atomic mass is 16.3. The third-order valence-corrected chi connectivity index (χ3v) is 7.37. The average molecular weight is 498 g/mol. The van der Waals surface area contributed by atoms with Gasteiger partial charge in [-0.1, -0.05) is 36.4 Å². The first-order chi connectivity index (χ1) is 18.0. The molecule has 4 aromatic rings. The minimum absolute atomic E-state index is 0.0140. The maximum Gasteiger partial charge on any atom is 0.248 e. The Morgan fingerprint density at radius 1 is 1.03 bits per heavy atom. The van der Waals surface area contributed by atoms with Crippen molar-refractivity contribution in [1.29, 1.82) is 0 Å². The van der Waals surface area contributed by atoms with Gasteiger partial charge in [-0.25, -0.2) is 4.98 Å². The van der Waals surface area contributed by atoms with Crippen molar-refractivity contribution in [1.82, 2.24) is 24.5 Å². The molecule has 0 saturated carbocycles. The summed E-state index contributed by atoms with van der Waals surface area (Å²) < 4.78 is 1.51. The van der Waals surface area contributed by atoms with Gasteiger partial charge in [-0.05, 0) is 25.8 Å². The lowest BCUT2D eigenvalue weighted by molar-refractivity contribution is -0.135. The third-order valence-electron chi connectivity index (χ3n) is 7.37. The zero-order valence-corrected chi connectivity index (χ0v) is 20.4. The number of pyridine rings is 1. The standard InChI is InChI=1S/C27H27N7O3/c1-16(36)24-25(28)34-26(31-27(24)33-19-8-9-20(33)14-32(13-19)23(37)15-35)21(12-30-34)18-7-10-22(29-11-18)17-5-3-2-4-6-17/h2-7,10-12,19-20,35H,8-9,13-15,28H2,1H3. The highest BCUT2D eigenvalue weighted by molar-refractivity contribution is 6.04. The molecule has 2 fully saturated rings. The molecule has 5 heterocycles. The van der Waals surface area contributed by atoms with Crippen LogP contribution >= 0.6 is 0 Å². The number of likely N-dealkylation sites (tertiary alicyclic amines) is 1. The van der Waals surface area contributed by atoms with Crippen LogP contribution in [0, 0.1) is 0 Å². The number of nitrogens with two attached hydrogens (primary N) is 1. The van der Waals surface area contributed by atoms with Crippen LogP contribution < -0.4 is 10.6 Å². The maximum absolute atomic E-state index is 12.8. The Hall–Kier alpha value is -4.31. The number of aromatic nitrogens is 4. The largest absolute Gasteiger partial charge is 0.387 e. The second kappa shape index (κ2) is 8.97. The number of carbonyl (C=O) groups is 2. The first-order valence-electron chi connectivity index (χ1n) is 12.3. The van der Waals surface area contributed by atoms with E-state index in [4.69, 9.17) is 10.7 Å². The van der Waals surface area contributed by atoms with Crippen LogP contribution in [0.2, 0.25) is 0 Å². The van der Waals surface area contributed by atoms with Gasteiger partial charge in [0.1, 0.15) is 23.8 Å². The summed E-state index contributed by atoms with van der Waals surface area (Å²) in [5.74, 6) is 0.287. The third kappa shape index (κ3) is 3.80. The van der Waals surface area contributed by atoms with E-state index in [1.165, 1.54) is 11.4 Å². The van der Waals surface area contributed by atoms with Crippen LogP contribution in [0.5, 0.6) is 0 Å². The Morgan fingerprint density at radius 2 is 1.76 bits per heavy atom. The van der Waals surface area contributed by atoms with Crippen LogP contribution in [0.3, 0.4) is 0 Å². The number of carbonyl (C=O) groups excluding carboxylic acids is 2. The van der Waals surface area contributed by atoms with Crippen molar-refractivity contribution in [2.45, 2.75) is 31.8 Å². The molecule has 188 valence electrons. The van der Waals surface area contributed by atoms with Crippen LogP contribution in [-0.2, 0) is 4.79 Å². The summed E-state index contributed by atoms with van der Waals surface area (Å²) in [5, 5.41) is 13.8. The van der Waals surface area contributed by atoms with E-state index in [-0.39, 0.29) is 29.6 Å². The molecule has 3 N–H and O–H groups in total. The number of anilines is 2. The molecule has 0 radical (unpaired) electrons. The molecule has 0 spiro atoms. The second-order valence-electron chi connectivity index (χ2n) is 9.59. The van der Waals surface area contributed by atoms with Crippen LogP contribution in [0.25, 0.3) is 28.0 Å². The molecule has 6 rings (SSSR count). The number of piperazine rings is 1. The molecule has 10 heteroatoms. The van der Waals surface area contributed by atoms with Crippen molar-refractivity contribution in [3.8, 4) is 22.4 Å². The number of hydrogen-bond acceptors (Lipinski definition) is 8. The van der Waals surface area contributed by atoms with E-state index < -0.39 is 6.61 Å². The number of hydrogen-bond donors (Lipinski definition) is 2. The average Bonchev–Trinajstić information content (AvgIpc) is 3.46. The van der Waals surface area contributed by atoms with E-state index in [1.807, 2.05) is 42.5 Å². The van der Waals surface area contributed by atoms with Crippen molar-refractivity contribution < 1.29 is 14.7 Å². The van der Waals surface area contributed by atoms with Crippen LogP contribution in [0.15, 0.2) is 54.9 Å². The number of ketones is 1. The Kier molecular flexibility index (Phi) is 5.60. The number of nitrogen functional groups attached to an aromatic ring is 1. The van der Waals surface area contributed by atoms with E-state index >= 15 is 0 Å². The lowest BCUT2D eigenvalue weighted by atomic mass is 10.1. The summed E-state index contributed by atoms with van der Waals surface area (Å²) in [6, 6.07) is 13.9. The van der Waals surface area contributed by atoms with Crippen molar-refractivity contribution >= 4 is 29.0 Å². The molecule has 2 aliphatic heterocycles. The SMILES string of the molecule is CC(=O)c1c(N2C3CCC2CN(C(=O)CO)C3)nc2c(-c3ccc(-c4ccccc4)nc3)cnn2c1N. The van der Waals surface area contributed by atoms with Gasteiger partial charge in [-0.2, -0.15) is 9.61 Å². The molecular weight excluding hydrogens is 470 g/mol. The Labute approximate surface area is 213 Å². The first kappa shape index (κ1) is 23.1. The normalized spacial score (nSPS) is 19.0. The molecule has 2 unspecified atom stereocenters. The fourth-order valence-electron chi connectivity index (χ4n) is 5.62.